The number of rotatable bonds is 12. The van der Waals surface area contributed by atoms with Crippen LogP contribution in [0.2, 0.25) is 0 Å². The summed E-state index contributed by atoms with van der Waals surface area (Å²) in [7, 11) is 0. The van der Waals surface area contributed by atoms with Crippen LogP contribution in [0.3, 0.4) is 0 Å². The van der Waals surface area contributed by atoms with E-state index in [1.165, 1.54) is 0 Å². The van der Waals surface area contributed by atoms with Crippen molar-refractivity contribution in [2.45, 2.75) is 27.7 Å². The monoisotopic (exact) mass is 589 g/mol. The molecule has 0 aliphatic carbocycles. The number of ether oxygens (including phenoxy) is 4. The molecular weight excluding hydrogens is 550 g/mol. The Bertz CT molecular complexity index is 1390. The number of esters is 1. The van der Waals surface area contributed by atoms with Crippen LogP contribution in [0, 0.1) is 0 Å². The van der Waals surface area contributed by atoms with Gasteiger partial charge in [0, 0.05) is 37.3 Å². The fourth-order valence-corrected chi connectivity index (χ4v) is 4.88. The van der Waals surface area contributed by atoms with Gasteiger partial charge in [0.1, 0.15) is 0 Å². The highest BCUT2D eigenvalue weighted by Crippen LogP contribution is 2.39. The smallest absolute Gasteiger partial charge is 0.338 e. The molecule has 0 radical (unpaired) electrons. The van der Waals surface area contributed by atoms with Crippen molar-refractivity contribution < 1.29 is 33.3 Å². The van der Waals surface area contributed by atoms with Crippen molar-refractivity contribution in [3.8, 4) is 17.2 Å². The Morgan fingerprint density at radius 1 is 0.698 bits per heavy atom. The molecule has 0 spiro atoms. The molecule has 1 fully saturated rings. The molecule has 1 saturated heterocycles. The van der Waals surface area contributed by atoms with Crippen LogP contribution >= 0.6 is 0 Å². The van der Waals surface area contributed by atoms with Crippen LogP contribution in [-0.2, 0) is 4.74 Å². The molecule has 3 aromatic rings. The SMILES string of the molecule is CCOC(=O)c1ccc(N2CCN(C(=O)c3ccccc3)CC2)c(NC(=O)c2cc(OCC)c(OCC)c(OCC)c2)c1. The molecule has 10 heteroatoms. The molecule has 2 amide bonds. The molecule has 228 valence electrons. The van der Waals surface area contributed by atoms with E-state index in [4.69, 9.17) is 18.9 Å². The van der Waals surface area contributed by atoms with Gasteiger partial charge in [-0.15, -0.1) is 0 Å². The Hall–Kier alpha value is -4.73. The number of hydrogen-bond donors (Lipinski definition) is 1. The average molecular weight is 590 g/mol. The van der Waals surface area contributed by atoms with E-state index in [-0.39, 0.29) is 12.5 Å². The predicted octanol–water partition coefficient (Wildman–Crippen LogP) is 5.27. The van der Waals surface area contributed by atoms with Crippen LogP contribution in [0.25, 0.3) is 0 Å². The van der Waals surface area contributed by atoms with Crippen molar-refractivity contribution >= 4 is 29.2 Å². The second-order valence-electron chi connectivity index (χ2n) is 9.65. The van der Waals surface area contributed by atoms with E-state index in [0.717, 1.165) is 5.69 Å². The van der Waals surface area contributed by atoms with E-state index >= 15 is 0 Å². The standard InChI is InChI=1S/C33H39N3O7/c1-5-40-28-21-25(22-29(41-6-2)30(28)42-7-3)31(37)34-26-20-24(33(39)43-8-4)14-15-27(26)35-16-18-36(19-17-35)32(38)23-12-10-9-11-13-23/h9-15,20-22H,5-8,16-19H2,1-4H3,(H,34,37). The Labute approximate surface area is 252 Å². The van der Waals surface area contributed by atoms with E-state index in [0.29, 0.717) is 85.6 Å². The maximum absolute atomic E-state index is 13.7. The molecule has 4 rings (SSSR count). The molecule has 1 aliphatic heterocycles. The fourth-order valence-electron chi connectivity index (χ4n) is 4.88. The maximum atomic E-state index is 13.7. The number of anilines is 2. The molecule has 0 bridgehead atoms. The summed E-state index contributed by atoms with van der Waals surface area (Å²) >= 11 is 0. The molecule has 0 aromatic heterocycles. The summed E-state index contributed by atoms with van der Waals surface area (Å²) in [4.78, 5) is 43.2. The minimum Gasteiger partial charge on any atom is -0.490 e. The summed E-state index contributed by atoms with van der Waals surface area (Å²) < 4.78 is 22.6. The molecule has 43 heavy (non-hydrogen) atoms. The number of piperazine rings is 1. The molecule has 1 N–H and O–H groups in total. The summed E-state index contributed by atoms with van der Waals surface area (Å²) in [6, 6.07) is 17.5. The van der Waals surface area contributed by atoms with Crippen molar-refractivity contribution in [2.24, 2.45) is 0 Å². The number of carbonyl (C=O) groups is 3. The highest BCUT2D eigenvalue weighted by Gasteiger charge is 2.25. The van der Waals surface area contributed by atoms with Gasteiger partial charge in [-0.25, -0.2) is 4.79 Å². The van der Waals surface area contributed by atoms with Gasteiger partial charge in [0.15, 0.2) is 11.5 Å². The van der Waals surface area contributed by atoms with E-state index in [1.54, 1.807) is 37.3 Å². The van der Waals surface area contributed by atoms with Gasteiger partial charge in [-0.3, -0.25) is 9.59 Å². The summed E-state index contributed by atoms with van der Waals surface area (Å²) in [5, 5.41) is 2.99. The first-order chi connectivity index (χ1) is 20.9. The van der Waals surface area contributed by atoms with Crippen molar-refractivity contribution in [3.63, 3.8) is 0 Å². The van der Waals surface area contributed by atoms with Gasteiger partial charge in [-0.2, -0.15) is 0 Å². The first kappa shape index (κ1) is 31.2. The third-order valence-electron chi connectivity index (χ3n) is 6.86. The zero-order valence-corrected chi connectivity index (χ0v) is 25.2. The maximum Gasteiger partial charge on any atom is 0.338 e. The highest BCUT2D eigenvalue weighted by molar-refractivity contribution is 6.07. The Balaban J connectivity index is 1.62. The second kappa shape index (κ2) is 14.9. The topological polar surface area (TPSA) is 107 Å². The number of nitrogens with one attached hydrogen (secondary N) is 1. The van der Waals surface area contributed by atoms with Crippen molar-refractivity contribution in [3.05, 3.63) is 77.4 Å². The normalized spacial score (nSPS) is 12.8. The minimum absolute atomic E-state index is 0.0165. The van der Waals surface area contributed by atoms with Gasteiger partial charge in [-0.05, 0) is 70.2 Å². The van der Waals surface area contributed by atoms with Gasteiger partial charge >= 0.3 is 5.97 Å². The number of hydrogen-bond acceptors (Lipinski definition) is 8. The fraction of sp³-hybridized carbons (Fsp3) is 0.364. The lowest BCUT2D eigenvalue weighted by Gasteiger charge is -2.37. The summed E-state index contributed by atoms with van der Waals surface area (Å²) in [5.41, 5.74) is 2.45. The largest absolute Gasteiger partial charge is 0.490 e. The molecule has 10 nitrogen and oxygen atoms in total. The van der Waals surface area contributed by atoms with E-state index in [2.05, 4.69) is 10.2 Å². The first-order valence-corrected chi connectivity index (χ1v) is 14.7. The van der Waals surface area contributed by atoms with Crippen molar-refractivity contribution in [1.29, 1.82) is 0 Å². The quantitative estimate of drug-likeness (QED) is 0.285. The molecular formula is C33H39N3O7. The van der Waals surface area contributed by atoms with Crippen LogP contribution in [0.4, 0.5) is 11.4 Å². The summed E-state index contributed by atoms with van der Waals surface area (Å²) in [5.74, 6) is 0.333. The van der Waals surface area contributed by atoms with E-state index < -0.39 is 11.9 Å². The van der Waals surface area contributed by atoms with Gasteiger partial charge < -0.3 is 34.1 Å². The van der Waals surface area contributed by atoms with E-state index in [9.17, 15) is 14.4 Å². The third kappa shape index (κ3) is 7.57. The van der Waals surface area contributed by atoms with Gasteiger partial charge in [-0.1, -0.05) is 18.2 Å². The summed E-state index contributed by atoms with van der Waals surface area (Å²) in [6.07, 6.45) is 0. The second-order valence-corrected chi connectivity index (χ2v) is 9.65. The zero-order chi connectivity index (χ0) is 30.8. The Kier molecular flexibility index (Phi) is 10.9. The number of benzene rings is 3. The predicted molar refractivity (Wildman–Crippen MR) is 165 cm³/mol. The number of nitrogens with zero attached hydrogens (tertiary/aromatic N) is 2. The van der Waals surface area contributed by atoms with E-state index in [1.807, 2.05) is 56.0 Å². The van der Waals surface area contributed by atoms with Crippen LogP contribution < -0.4 is 24.4 Å². The lowest BCUT2D eigenvalue weighted by atomic mass is 10.1. The van der Waals surface area contributed by atoms with Crippen LogP contribution in [0.5, 0.6) is 17.2 Å². The van der Waals surface area contributed by atoms with Crippen molar-refractivity contribution in [2.75, 3.05) is 62.8 Å². The summed E-state index contributed by atoms with van der Waals surface area (Å²) in [6.45, 7) is 10.8. The third-order valence-corrected chi connectivity index (χ3v) is 6.86. The van der Waals surface area contributed by atoms with Crippen LogP contribution in [-0.4, -0.2) is 75.3 Å². The Morgan fingerprint density at radius 3 is 1.91 bits per heavy atom. The number of carbonyl (C=O) groups excluding carboxylic acids is 3. The van der Waals surface area contributed by atoms with Gasteiger partial charge in [0.25, 0.3) is 11.8 Å². The average Bonchev–Trinajstić information content (AvgIpc) is 3.03. The number of amides is 2. The lowest BCUT2D eigenvalue weighted by molar-refractivity contribution is 0.0526. The Morgan fingerprint density at radius 2 is 1.33 bits per heavy atom. The highest BCUT2D eigenvalue weighted by atomic mass is 16.5. The lowest BCUT2D eigenvalue weighted by Crippen LogP contribution is -2.49. The zero-order valence-electron chi connectivity index (χ0n) is 25.2. The van der Waals surface area contributed by atoms with Crippen molar-refractivity contribution in [1.82, 2.24) is 4.90 Å². The molecule has 3 aromatic carbocycles. The van der Waals surface area contributed by atoms with Crippen LogP contribution in [0.15, 0.2) is 60.7 Å². The molecule has 0 saturated carbocycles. The van der Waals surface area contributed by atoms with Crippen LogP contribution in [0.1, 0.15) is 58.8 Å². The molecule has 1 heterocycles. The van der Waals surface area contributed by atoms with Gasteiger partial charge in [0.05, 0.1) is 43.4 Å². The first-order valence-electron chi connectivity index (χ1n) is 14.7. The molecule has 0 atom stereocenters. The molecule has 0 unspecified atom stereocenters. The minimum atomic E-state index is -0.485. The molecule has 1 aliphatic rings. The van der Waals surface area contributed by atoms with Gasteiger partial charge in [0.2, 0.25) is 5.75 Å².